The fraction of sp³-hybridized carbons (Fsp3) is 0.273. The lowest BCUT2D eigenvalue weighted by molar-refractivity contribution is 0.758. The second kappa shape index (κ2) is 10.9. The van der Waals surface area contributed by atoms with Gasteiger partial charge in [0.25, 0.3) is 0 Å². The van der Waals surface area contributed by atoms with E-state index in [1.54, 1.807) is 0 Å². The van der Waals surface area contributed by atoms with E-state index in [-0.39, 0.29) is 24.0 Å². The van der Waals surface area contributed by atoms with E-state index in [9.17, 15) is 0 Å². The van der Waals surface area contributed by atoms with E-state index in [1.807, 2.05) is 48.1 Å². The third-order valence-electron chi connectivity index (χ3n) is 4.83. The van der Waals surface area contributed by atoms with Gasteiger partial charge in [-0.3, -0.25) is 4.40 Å². The van der Waals surface area contributed by atoms with Gasteiger partial charge in [0.15, 0.2) is 17.4 Å². The molecule has 0 amide bonds. The lowest BCUT2D eigenvalue weighted by atomic mass is 10.1. The Hall–Kier alpha value is -2.95. The van der Waals surface area contributed by atoms with Crippen LogP contribution < -0.4 is 10.6 Å². The summed E-state index contributed by atoms with van der Waals surface area (Å²) in [5.74, 6) is 2.60. The molecule has 0 spiro atoms. The first kappa shape index (κ1) is 22.7. The third kappa shape index (κ3) is 5.81. The molecule has 0 saturated heterocycles. The number of rotatable bonds is 7. The summed E-state index contributed by atoms with van der Waals surface area (Å²) in [5, 5.41) is 15.1. The predicted octanol–water partition coefficient (Wildman–Crippen LogP) is 3.16. The van der Waals surface area contributed by atoms with Crippen LogP contribution in [-0.2, 0) is 19.6 Å². The average molecular weight is 530 g/mol. The number of nitrogens with one attached hydrogen (secondary N) is 2. The fourth-order valence-corrected chi connectivity index (χ4v) is 3.28. The minimum atomic E-state index is 0. The maximum atomic E-state index is 4.74. The fourth-order valence-electron chi connectivity index (χ4n) is 3.28. The minimum Gasteiger partial charge on any atom is -0.357 e. The summed E-state index contributed by atoms with van der Waals surface area (Å²) in [7, 11) is 0. The molecule has 2 N–H and O–H groups in total. The number of nitrogens with zero attached hydrogens (tertiary/aromatic N) is 6. The van der Waals surface area contributed by atoms with Crippen molar-refractivity contribution in [2.75, 3.05) is 6.54 Å². The largest absolute Gasteiger partial charge is 0.357 e. The van der Waals surface area contributed by atoms with Crippen LogP contribution in [0.4, 0.5) is 0 Å². The summed E-state index contributed by atoms with van der Waals surface area (Å²) in [6.45, 7) is 6.79. The van der Waals surface area contributed by atoms with Crippen LogP contribution in [0.1, 0.15) is 29.7 Å². The molecular formula is C22H27IN8. The molecule has 8 nitrogen and oxygen atoms in total. The molecule has 0 aliphatic carbocycles. The Labute approximate surface area is 198 Å². The maximum absolute atomic E-state index is 4.74. The van der Waals surface area contributed by atoms with Gasteiger partial charge >= 0.3 is 0 Å². The molecule has 0 fully saturated rings. The van der Waals surface area contributed by atoms with E-state index in [0.717, 1.165) is 41.9 Å². The van der Waals surface area contributed by atoms with Crippen LogP contribution in [-0.4, -0.2) is 36.7 Å². The Morgan fingerprint density at radius 1 is 1.03 bits per heavy atom. The number of hydrogen-bond acceptors (Lipinski definition) is 4. The van der Waals surface area contributed by atoms with Gasteiger partial charge in [-0.05, 0) is 37.1 Å². The van der Waals surface area contributed by atoms with Gasteiger partial charge in [-0.1, -0.05) is 30.3 Å². The van der Waals surface area contributed by atoms with Crippen LogP contribution in [0.2, 0.25) is 0 Å². The number of fused-ring (bicyclic) bond motifs is 1. The molecule has 4 aromatic rings. The van der Waals surface area contributed by atoms with E-state index in [2.05, 4.69) is 61.6 Å². The minimum absolute atomic E-state index is 0. The summed E-state index contributed by atoms with van der Waals surface area (Å²) in [6.07, 6.45) is 5.79. The Morgan fingerprint density at radius 3 is 2.71 bits per heavy atom. The molecule has 0 saturated carbocycles. The molecule has 0 unspecified atom stereocenters. The van der Waals surface area contributed by atoms with E-state index >= 15 is 0 Å². The highest BCUT2D eigenvalue weighted by molar-refractivity contribution is 14.0. The highest BCUT2D eigenvalue weighted by Crippen LogP contribution is 2.10. The normalized spacial score (nSPS) is 11.4. The number of aryl methyl sites for hydroxylation is 1. The number of benzene rings is 1. The van der Waals surface area contributed by atoms with Crippen molar-refractivity contribution < 1.29 is 0 Å². The topological polar surface area (TPSA) is 84.4 Å². The van der Waals surface area contributed by atoms with Crippen LogP contribution in [0.3, 0.4) is 0 Å². The first-order valence-corrected chi connectivity index (χ1v) is 10.1. The molecule has 31 heavy (non-hydrogen) atoms. The zero-order valence-corrected chi connectivity index (χ0v) is 20.0. The van der Waals surface area contributed by atoms with Crippen molar-refractivity contribution >= 4 is 35.6 Å². The molecule has 0 radical (unpaired) electrons. The molecule has 0 aliphatic rings. The molecular weight excluding hydrogens is 503 g/mol. The Morgan fingerprint density at radius 2 is 1.90 bits per heavy atom. The summed E-state index contributed by atoms with van der Waals surface area (Å²) < 4.78 is 4.11. The predicted molar refractivity (Wildman–Crippen MR) is 133 cm³/mol. The van der Waals surface area contributed by atoms with Crippen LogP contribution in [0.5, 0.6) is 0 Å². The van der Waals surface area contributed by atoms with Crippen molar-refractivity contribution in [3.63, 3.8) is 0 Å². The molecule has 4 rings (SSSR count). The van der Waals surface area contributed by atoms with Gasteiger partial charge in [-0.25, -0.2) is 9.98 Å². The van der Waals surface area contributed by atoms with Crippen molar-refractivity contribution in [2.45, 2.75) is 33.5 Å². The number of aromatic nitrogens is 5. The van der Waals surface area contributed by atoms with Crippen molar-refractivity contribution in [2.24, 2.45) is 4.99 Å². The highest BCUT2D eigenvalue weighted by atomic mass is 127. The second-order valence-corrected chi connectivity index (χ2v) is 7.02. The lowest BCUT2D eigenvalue weighted by Crippen LogP contribution is -2.37. The number of hydrogen-bond donors (Lipinski definition) is 2. The van der Waals surface area contributed by atoms with Gasteiger partial charge in [-0.2, -0.15) is 0 Å². The highest BCUT2D eigenvalue weighted by Gasteiger charge is 2.06. The second-order valence-electron chi connectivity index (χ2n) is 7.02. The Balaban J connectivity index is 0.00000272. The Kier molecular flexibility index (Phi) is 7.99. The van der Waals surface area contributed by atoms with Crippen LogP contribution in [0.15, 0.2) is 66.0 Å². The zero-order valence-electron chi connectivity index (χ0n) is 17.7. The van der Waals surface area contributed by atoms with E-state index < -0.39 is 0 Å². The van der Waals surface area contributed by atoms with Gasteiger partial charge in [0.05, 0.1) is 13.1 Å². The maximum Gasteiger partial charge on any atom is 0.191 e. The van der Waals surface area contributed by atoms with Crippen molar-refractivity contribution in [3.8, 4) is 0 Å². The summed E-state index contributed by atoms with van der Waals surface area (Å²) in [6, 6.07) is 14.4. The monoisotopic (exact) mass is 530 g/mol. The first-order chi connectivity index (χ1) is 14.7. The van der Waals surface area contributed by atoms with Gasteiger partial charge < -0.3 is 15.2 Å². The number of aliphatic imine (C=N–C) groups is 1. The number of halogens is 1. The van der Waals surface area contributed by atoms with E-state index in [0.29, 0.717) is 13.1 Å². The SMILES string of the molecule is CCNC(=NCc1cccc(Cn2ccnc2C)c1)NCc1nnc2ccccn12.I. The van der Waals surface area contributed by atoms with Gasteiger partial charge in [-0.15, -0.1) is 34.2 Å². The number of pyridine rings is 1. The van der Waals surface area contributed by atoms with E-state index in [1.165, 1.54) is 5.56 Å². The van der Waals surface area contributed by atoms with Gasteiger partial charge in [0.1, 0.15) is 5.82 Å². The van der Waals surface area contributed by atoms with Gasteiger partial charge in [0, 0.05) is 31.7 Å². The summed E-state index contributed by atoms with van der Waals surface area (Å²) >= 11 is 0. The lowest BCUT2D eigenvalue weighted by Gasteiger charge is -2.11. The van der Waals surface area contributed by atoms with Gasteiger partial charge in [0.2, 0.25) is 0 Å². The average Bonchev–Trinajstić information content (AvgIpc) is 3.36. The van der Waals surface area contributed by atoms with Crippen molar-refractivity contribution in [1.82, 2.24) is 34.8 Å². The smallest absolute Gasteiger partial charge is 0.191 e. The summed E-state index contributed by atoms with van der Waals surface area (Å²) in [4.78, 5) is 9.03. The quantitative estimate of drug-likeness (QED) is 0.218. The summed E-state index contributed by atoms with van der Waals surface area (Å²) in [5.41, 5.74) is 3.23. The van der Waals surface area contributed by atoms with Crippen LogP contribution in [0.25, 0.3) is 5.65 Å². The van der Waals surface area contributed by atoms with Crippen LogP contribution >= 0.6 is 24.0 Å². The Bertz CT molecular complexity index is 1150. The van der Waals surface area contributed by atoms with Crippen LogP contribution in [0, 0.1) is 6.92 Å². The van der Waals surface area contributed by atoms with E-state index in [4.69, 9.17) is 4.99 Å². The number of imidazole rings is 1. The van der Waals surface area contributed by atoms with Crippen molar-refractivity contribution in [3.05, 3.63) is 83.8 Å². The molecule has 162 valence electrons. The molecule has 3 aromatic heterocycles. The first-order valence-electron chi connectivity index (χ1n) is 10.1. The molecule has 0 atom stereocenters. The van der Waals surface area contributed by atoms with Crippen molar-refractivity contribution in [1.29, 1.82) is 0 Å². The number of guanidine groups is 1. The molecule has 3 heterocycles. The standard InChI is InChI=1S/C22H26N8.HI/c1-3-23-22(26-15-21-28-27-20-9-4-5-11-30(20)21)25-14-18-7-6-8-19(13-18)16-29-12-10-24-17(29)2;/h4-13H,3,14-16H2,1-2H3,(H2,23,25,26);1H. The molecule has 0 aliphatic heterocycles. The molecule has 0 bridgehead atoms. The molecule has 1 aromatic carbocycles. The third-order valence-corrected chi connectivity index (χ3v) is 4.83. The molecule has 9 heteroatoms. The zero-order chi connectivity index (χ0) is 20.8.